The van der Waals surface area contributed by atoms with E-state index >= 15 is 0 Å². The van der Waals surface area contributed by atoms with E-state index in [9.17, 15) is 4.79 Å². The van der Waals surface area contributed by atoms with Gasteiger partial charge in [0.2, 0.25) is 0 Å². The Labute approximate surface area is 173 Å². The SMILES string of the molecule is CCN(CCNC(=NC)NC1CCN(c2cccs2)CC1)C(=O)OC(C)(C)C. The third-order valence-electron chi connectivity index (χ3n) is 4.58. The quantitative estimate of drug-likeness (QED) is 0.558. The van der Waals surface area contributed by atoms with Crippen LogP contribution < -0.4 is 15.5 Å². The summed E-state index contributed by atoms with van der Waals surface area (Å²) in [5.41, 5.74) is -0.479. The van der Waals surface area contributed by atoms with Crippen LogP contribution in [0.15, 0.2) is 22.5 Å². The molecule has 0 aliphatic carbocycles. The minimum Gasteiger partial charge on any atom is -0.444 e. The minimum absolute atomic E-state index is 0.277. The van der Waals surface area contributed by atoms with Gasteiger partial charge in [-0.25, -0.2) is 4.79 Å². The highest BCUT2D eigenvalue weighted by atomic mass is 32.1. The van der Waals surface area contributed by atoms with E-state index in [1.807, 2.05) is 27.7 Å². The van der Waals surface area contributed by atoms with Crippen molar-refractivity contribution >= 4 is 28.4 Å². The van der Waals surface area contributed by atoms with Crippen molar-refractivity contribution < 1.29 is 9.53 Å². The zero-order valence-corrected chi connectivity index (χ0v) is 18.6. The number of guanidine groups is 1. The lowest BCUT2D eigenvalue weighted by atomic mass is 10.1. The first-order valence-corrected chi connectivity index (χ1v) is 10.9. The summed E-state index contributed by atoms with van der Waals surface area (Å²) in [5.74, 6) is 0.787. The first-order chi connectivity index (χ1) is 13.3. The summed E-state index contributed by atoms with van der Waals surface area (Å²) < 4.78 is 5.45. The molecule has 1 aliphatic heterocycles. The molecule has 0 bridgehead atoms. The van der Waals surface area contributed by atoms with E-state index in [1.165, 1.54) is 5.00 Å². The van der Waals surface area contributed by atoms with Crippen LogP contribution in [0.2, 0.25) is 0 Å². The molecule has 0 aromatic carbocycles. The second kappa shape index (κ2) is 10.5. The number of carbonyl (C=O) groups excluding carboxylic acids is 1. The zero-order valence-electron chi connectivity index (χ0n) is 17.8. The molecule has 0 radical (unpaired) electrons. The summed E-state index contributed by atoms with van der Waals surface area (Å²) in [4.78, 5) is 20.7. The molecule has 0 unspecified atom stereocenters. The Hall–Kier alpha value is -1.96. The Morgan fingerprint density at radius 1 is 1.39 bits per heavy atom. The molecule has 0 saturated carbocycles. The van der Waals surface area contributed by atoms with Crippen LogP contribution in [-0.4, -0.2) is 68.4 Å². The van der Waals surface area contributed by atoms with Crippen molar-refractivity contribution in [2.75, 3.05) is 44.7 Å². The van der Waals surface area contributed by atoms with Crippen molar-refractivity contribution in [3.05, 3.63) is 17.5 Å². The molecule has 1 aromatic rings. The number of nitrogens with zero attached hydrogens (tertiary/aromatic N) is 3. The summed E-state index contributed by atoms with van der Waals surface area (Å²) in [7, 11) is 1.78. The van der Waals surface area contributed by atoms with Crippen molar-refractivity contribution in [3.8, 4) is 0 Å². The number of piperidine rings is 1. The largest absolute Gasteiger partial charge is 0.444 e. The maximum Gasteiger partial charge on any atom is 0.410 e. The molecule has 2 rings (SSSR count). The fraction of sp³-hybridized carbons (Fsp3) is 0.700. The molecule has 8 heteroatoms. The van der Waals surface area contributed by atoms with Gasteiger partial charge < -0.3 is 25.2 Å². The van der Waals surface area contributed by atoms with E-state index in [1.54, 1.807) is 23.3 Å². The highest BCUT2D eigenvalue weighted by molar-refractivity contribution is 7.14. The van der Waals surface area contributed by atoms with Crippen LogP contribution in [0.4, 0.5) is 9.80 Å². The topological polar surface area (TPSA) is 69.2 Å². The summed E-state index contributed by atoms with van der Waals surface area (Å²) in [5, 5.41) is 10.3. The van der Waals surface area contributed by atoms with E-state index in [0.717, 1.165) is 31.9 Å². The Balaban J connectivity index is 1.72. The van der Waals surface area contributed by atoms with Crippen LogP contribution >= 0.6 is 11.3 Å². The van der Waals surface area contributed by atoms with Gasteiger partial charge in [-0.15, -0.1) is 11.3 Å². The highest BCUT2D eigenvalue weighted by Crippen LogP contribution is 2.24. The molecule has 2 N–H and O–H groups in total. The standard InChI is InChI=1S/C20H35N5O2S/c1-6-24(19(26)27-20(2,3)4)14-11-22-18(21-5)23-16-9-12-25(13-10-16)17-8-7-15-28-17/h7-8,15-16H,6,9-14H2,1-5H3,(H2,21,22,23). The molecule has 1 saturated heterocycles. The zero-order chi connectivity index (χ0) is 20.6. The van der Waals surface area contributed by atoms with E-state index in [-0.39, 0.29) is 6.09 Å². The maximum absolute atomic E-state index is 12.2. The number of anilines is 1. The third-order valence-corrected chi connectivity index (χ3v) is 5.51. The van der Waals surface area contributed by atoms with Gasteiger partial charge in [-0.1, -0.05) is 0 Å². The number of aliphatic imine (C=N–C) groups is 1. The molecule has 1 aliphatic rings. The molecule has 0 spiro atoms. The number of carbonyl (C=O) groups is 1. The Bertz CT molecular complexity index is 619. The smallest absolute Gasteiger partial charge is 0.410 e. The van der Waals surface area contributed by atoms with E-state index in [0.29, 0.717) is 25.7 Å². The number of nitrogens with one attached hydrogen (secondary N) is 2. The summed E-state index contributed by atoms with van der Waals surface area (Å²) >= 11 is 1.80. The summed E-state index contributed by atoms with van der Waals surface area (Å²) in [6, 6.07) is 4.70. The van der Waals surface area contributed by atoms with Gasteiger partial charge in [-0.2, -0.15) is 0 Å². The lowest BCUT2D eigenvalue weighted by Crippen LogP contribution is -2.50. The van der Waals surface area contributed by atoms with E-state index in [4.69, 9.17) is 4.74 Å². The second-order valence-corrected chi connectivity index (χ2v) is 8.84. The van der Waals surface area contributed by atoms with Gasteiger partial charge in [-0.3, -0.25) is 4.99 Å². The molecule has 1 amide bonds. The molecule has 158 valence electrons. The first-order valence-electron chi connectivity index (χ1n) is 10.1. The van der Waals surface area contributed by atoms with Gasteiger partial charge in [0.15, 0.2) is 5.96 Å². The monoisotopic (exact) mass is 409 g/mol. The van der Waals surface area contributed by atoms with Crippen LogP contribution in [-0.2, 0) is 4.74 Å². The molecular weight excluding hydrogens is 374 g/mol. The predicted molar refractivity (Wildman–Crippen MR) is 118 cm³/mol. The Kier molecular flexibility index (Phi) is 8.41. The van der Waals surface area contributed by atoms with Gasteiger partial charge in [0.25, 0.3) is 0 Å². The fourth-order valence-electron chi connectivity index (χ4n) is 3.10. The lowest BCUT2D eigenvalue weighted by Gasteiger charge is -2.33. The van der Waals surface area contributed by atoms with Crippen molar-refractivity contribution in [3.63, 3.8) is 0 Å². The minimum atomic E-state index is -0.479. The van der Waals surface area contributed by atoms with Gasteiger partial charge in [0.1, 0.15) is 5.60 Å². The number of hydrogen-bond acceptors (Lipinski definition) is 5. The van der Waals surface area contributed by atoms with E-state index in [2.05, 4.69) is 38.0 Å². The van der Waals surface area contributed by atoms with Crippen molar-refractivity contribution in [1.82, 2.24) is 15.5 Å². The Morgan fingerprint density at radius 2 is 2.11 bits per heavy atom. The van der Waals surface area contributed by atoms with Crippen LogP contribution in [0.1, 0.15) is 40.5 Å². The van der Waals surface area contributed by atoms with Crippen LogP contribution in [0.5, 0.6) is 0 Å². The third kappa shape index (κ3) is 7.22. The fourth-order valence-corrected chi connectivity index (χ4v) is 3.88. The normalized spacial score (nSPS) is 16.0. The lowest BCUT2D eigenvalue weighted by molar-refractivity contribution is 0.0264. The van der Waals surface area contributed by atoms with E-state index < -0.39 is 5.60 Å². The second-order valence-electron chi connectivity index (χ2n) is 7.92. The number of likely N-dealkylation sites (N-methyl/N-ethyl adjacent to an activating group) is 1. The maximum atomic E-state index is 12.2. The molecule has 0 atom stereocenters. The molecule has 1 fully saturated rings. The molecule has 7 nitrogen and oxygen atoms in total. The van der Waals surface area contributed by atoms with Gasteiger partial charge in [-0.05, 0) is 58.0 Å². The van der Waals surface area contributed by atoms with Gasteiger partial charge in [0.05, 0.1) is 5.00 Å². The molecular formula is C20H35N5O2S. The van der Waals surface area contributed by atoms with Gasteiger partial charge >= 0.3 is 6.09 Å². The average molecular weight is 410 g/mol. The van der Waals surface area contributed by atoms with Crippen molar-refractivity contribution in [2.24, 2.45) is 4.99 Å². The Morgan fingerprint density at radius 3 is 2.64 bits per heavy atom. The molecule has 1 aromatic heterocycles. The molecule has 28 heavy (non-hydrogen) atoms. The van der Waals surface area contributed by atoms with Crippen LogP contribution in [0.25, 0.3) is 0 Å². The number of rotatable bonds is 6. The number of ether oxygens (including phenoxy) is 1. The summed E-state index contributed by atoms with van der Waals surface area (Å²) in [6.45, 7) is 11.5. The highest BCUT2D eigenvalue weighted by Gasteiger charge is 2.22. The van der Waals surface area contributed by atoms with Crippen LogP contribution in [0, 0.1) is 0 Å². The van der Waals surface area contributed by atoms with Crippen molar-refractivity contribution in [1.29, 1.82) is 0 Å². The predicted octanol–water partition coefficient (Wildman–Crippen LogP) is 3.14. The number of thiophene rings is 1. The van der Waals surface area contributed by atoms with Crippen molar-refractivity contribution in [2.45, 2.75) is 52.2 Å². The average Bonchev–Trinajstić information content (AvgIpc) is 3.18. The summed E-state index contributed by atoms with van der Waals surface area (Å²) in [6.07, 6.45) is 1.88. The number of hydrogen-bond donors (Lipinski definition) is 2. The number of amides is 1. The van der Waals surface area contributed by atoms with Gasteiger partial charge in [0, 0.05) is 45.8 Å². The molecule has 2 heterocycles. The first kappa shape index (κ1) is 22.3. The van der Waals surface area contributed by atoms with Crippen LogP contribution in [0.3, 0.4) is 0 Å².